The zero-order chi connectivity index (χ0) is 18.7. The third-order valence-electron chi connectivity index (χ3n) is 3.46. The van der Waals surface area contributed by atoms with Gasteiger partial charge in [0.15, 0.2) is 0 Å². The number of hydrogen-bond donors (Lipinski definition) is 1. The van der Waals surface area contributed by atoms with E-state index in [9.17, 15) is 22.4 Å². The number of hydrogen-bond acceptors (Lipinski definition) is 3. The van der Waals surface area contributed by atoms with Crippen LogP contribution in [0.2, 0.25) is 0 Å². The predicted octanol–water partition coefficient (Wildman–Crippen LogP) is 3.34. The van der Waals surface area contributed by atoms with Crippen LogP contribution in [-0.2, 0) is 17.5 Å². The Kier molecular flexibility index (Phi) is 4.70. The lowest BCUT2D eigenvalue weighted by Crippen LogP contribution is -2.26. The molecule has 1 aromatic heterocycles. The summed E-state index contributed by atoms with van der Waals surface area (Å²) in [5, 5.41) is 3.63. The van der Waals surface area contributed by atoms with Gasteiger partial charge in [0.2, 0.25) is 5.82 Å². The minimum absolute atomic E-state index is 0.135. The van der Waals surface area contributed by atoms with Gasteiger partial charge in [0, 0.05) is 0 Å². The highest BCUT2D eigenvalue weighted by Gasteiger charge is 2.37. The Balaban J connectivity index is 1.79. The van der Waals surface area contributed by atoms with E-state index in [0.717, 1.165) is 4.57 Å². The average molecular weight is 364 g/mol. The fraction of sp³-hybridized carbons (Fsp3) is 0.118. The minimum Gasteiger partial charge on any atom is -0.311 e. The van der Waals surface area contributed by atoms with Crippen molar-refractivity contribution >= 4 is 23.2 Å². The molecule has 0 atom stereocenters. The van der Waals surface area contributed by atoms with Gasteiger partial charge in [-0.15, -0.1) is 0 Å². The molecule has 2 aromatic carbocycles. The summed E-state index contributed by atoms with van der Waals surface area (Å²) in [6.45, 7) is -0.615. The van der Waals surface area contributed by atoms with Crippen LogP contribution in [0.4, 0.5) is 17.6 Å². The zero-order valence-corrected chi connectivity index (χ0v) is 13.2. The standard InChI is InChI=1S/C17H12F4N4O/c18-12-5-3-4-11(8-12)9-22-24-15(26)10-25-14-7-2-1-6-13(14)23-16(25)17(19,20)21/h1-9H,10H2,(H,24,26)/b22-9+. The number of para-hydroxylation sites is 2. The number of nitrogens with zero attached hydrogens (tertiary/aromatic N) is 3. The van der Waals surface area contributed by atoms with Crippen molar-refractivity contribution in [1.29, 1.82) is 0 Å². The summed E-state index contributed by atoms with van der Waals surface area (Å²) in [6, 6.07) is 11.5. The largest absolute Gasteiger partial charge is 0.449 e. The van der Waals surface area contributed by atoms with Crippen LogP contribution in [0.5, 0.6) is 0 Å². The Bertz CT molecular complexity index is 978. The molecule has 3 aromatic rings. The highest BCUT2D eigenvalue weighted by Crippen LogP contribution is 2.31. The number of alkyl halides is 3. The molecule has 0 unspecified atom stereocenters. The second-order valence-corrected chi connectivity index (χ2v) is 5.36. The van der Waals surface area contributed by atoms with Crippen LogP contribution in [0.1, 0.15) is 11.4 Å². The molecule has 1 heterocycles. The first-order valence-corrected chi connectivity index (χ1v) is 7.44. The Morgan fingerprint density at radius 2 is 1.96 bits per heavy atom. The van der Waals surface area contributed by atoms with E-state index < -0.39 is 30.3 Å². The van der Waals surface area contributed by atoms with Gasteiger partial charge in [0.05, 0.1) is 17.2 Å². The number of carbonyl (C=O) groups excluding carboxylic acids is 1. The maximum Gasteiger partial charge on any atom is 0.449 e. The lowest BCUT2D eigenvalue weighted by molar-refractivity contribution is -0.147. The zero-order valence-electron chi connectivity index (χ0n) is 13.2. The van der Waals surface area contributed by atoms with E-state index in [-0.39, 0.29) is 11.0 Å². The van der Waals surface area contributed by atoms with Gasteiger partial charge < -0.3 is 4.57 Å². The topological polar surface area (TPSA) is 59.3 Å². The minimum atomic E-state index is -4.70. The van der Waals surface area contributed by atoms with Crippen molar-refractivity contribution in [3.05, 3.63) is 65.7 Å². The van der Waals surface area contributed by atoms with Gasteiger partial charge in [-0.05, 0) is 29.8 Å². The smallest absolute Gasteiger partial charge is 0.311 e. The van der Waals surface area contributed by atoms with E-state index >= 15 is 0 Å². The molecule has 0 fully saturated rings. The second kappa shape index (κ2) is 6.95. The summed E-state index contributed by atoms with van der Waals surface area (Å²) in [4.78, 5) is 15.5. The number of aromatic nitrogens is 2. The summed E-state index contributed by atoms with van der Waals surface area (Å²) < 4.78 is 53.3. The maximum absolute atomic E-state index is 13.2. The number of rotatable bonds is 4. The van der Waals surface area contributed by atoms with E-state index in [4.69, 9.17) is 0 Å². The van der Waals surface area contributed by atoms with Gasteiger partial charge in [-0.1, -0.05) is 24.3 Å². The summed E-state index contributed by atoms with van der Waals surface area (Å²) in [7, 11) is 0. The molecule has 0 aliphatic rings. The van der Waals surface area contributed by atoms with Crippen molar-refractivity contribution < 1.29 is 22.4 Å². The van der Waals surface area contributed by atoms with Crippen LogP contribution in [0.15, 0.2) is 53.6 Å². The summed E-state index contributed by atoms with van der Waals surface area (Å²) in [5.41, 5.74) is 2.84. The Labute approximate surface area is 145 Å². The molecule has 1 N–H and O–H groups in total. The molecule has 0 spiro atoms. The number of benzene rings is 2. The van der Waals surface area contributed by atoms with E-state index in [1.54, 1.807) is 18.2 Å². The second-order valence-electron chi connectivity index (χ2n) is 5.36. The van der Waals surface area contributed by atoms with Gasteiger partial charge in [-0.2, -0.15) is 18.3 Å². The van der Waals surface area contributed by atoms with Crippen LogP contribution < -0.4 is 5.43 Å². The van der Waals surface area contributed by atoms with Crippen molar-refractivity contribution in [2.24, 2.45) is 5.10 Å². The van der Waals surface area contributed by atoms with E-state index in [1.807, 2.05) is 0 Å². The highest BCUT2D eigenvalue weighted by atomic mass is 19.4. The first-order valence-electron chi connectivity index (χ1n) is 7.44. The number of halogens is 4. The number of carbonyl (C=O) groups is 1. The van der Waals surface area contributed by atoms with Crippen LogP contribution in [-0.4, -0.2) is 21.7 Å². The fourth-order valence-corrected chi connectivity index (χ4v) is 2.40. The molecule has 134 valence electrons. The molecule has 26 heavy (non-hydrogen) atoms. The first kappa shape index (κ1) is 17.6. The van der Waals surface area contributed by atoms with Gasteiger partial charge in [0.25, 0.3) is 5.91 Å². The van der Waals surface area contributed by atoms with Crippen molar-refractivity contribution in [1.82, 2.24) is 15.0 Å². The lowest BCUT2D eigenvalue weighted by atomic mass is 10.2. The number of nitrogens with one attached hydrogen (secondary N) is 1. The van der Waals surface area contributed by atoms with Crippen LogP contribution in [0, 0.1) is 5.82 Å². The summed E-state index contributed by atoms with van der Waals surface area (Å²) in [5.74, 6) is -2.41. The van der Waals surface area contributed by atoms with Crippen LogP contribution >= 0.6 is 0 Å². The molecule has 0 saturated heterocycles. The van der Waals surface area contributed by atoms with Crippen LogP contribution in [0.3, 0.4) is 0 Å². The molecule has 9 heteroatoms. The van der Waals surface area contributed by atoms with Gasteiger partial charge in [-0.25, -0.2) is 14.8 Å². The van der Waals surface area contributed by atoms with Crippen LogP contribution in [0.25, 0.3) is 11.0 Å². The predicted molar refractivity (Wildman–Crippen MR) is 86.9 cm³/mol. The third kappa shape index (κ3) is 3.88. The average Bonchev–Trinajstić information content (AvgIpc) is 2.94. The number of hydrazone groups is 1. The Morgan fingerprint density at radius 1 is 1.19 bits per heavy atom. The molecule has 0 radical (unpaired) electrons. The molecule has 3 rings (SSSR count). The van der Waals surface area contributed by atoms with E-state index in [2.05, 4.69) is 15.5 Å². The normalized spacial score (nSPS) is 12.0. The summed E-state index contributed by atoms with van der Waals surface area (Å²) in [6.07, 6.45) is -3.51. The highest BCUT2D eigenvalue weighted by molar-refractivity contribution is 5.83. The monoisotopic (exact) mass is 364 g/mol. The van der Waals surface area contributed by atoms with Crippen molar-refractivity contribution in [3.8, 4) is 0 Å². The lowest BCUT2D eigenvalue weighted by Gasteiger charge is -2.10. The van der Waals surface area contributed by atoms with Crippen molar-refractivity contribution in [2.75, 3.05) is 0 Å². The SMILES string of the molecule is O=C(Cn1c(C(F)(F)F)nc2ccccc21)N/N=C/c1cccc(F)c1. The summed E-state index contributed by atoms with van der Waals surface area (Å²) >= 11 is 0. The van der Waals surface area contributed by atoms with Crippen molar-refractivity contribution in [2.45, 2.75) is 12.7 Å². The number of fused-ring (bicyclic) bond motifs is 1. The Hall–Kier alpha value is -3.23. The van der Waals surface area contributed by atoms with E-state index in [1.165, 1.54) is 36.5 Å². The Morgan fingerprint density at radius 3 is 2.69 bits per heavy atom. The third-order valence-corrected chi connectivity index (χ3v) is 3.46. The number of amides is 1. The van der Waals surface area contributed by atoms with Crippen molar-refractivity contribution in [3.63, 3.8) is 0 Å². The van der Waals surface area contributed by atoms with Gasteiger partial charge in [-0.3, -0.25) is 4.79 Å². The maximum atomic E-state index is 13.2. The molecule has 5 nitrogen and oxygen atoms in total. The fourth-order valence-electron chi connectivity index (χ4n) is 2.40. The molecular weight excluding hydrogens is 352 g/mol. The van der Waals surface area contributed by atoms with Gasteiger partial charge in [0.1, 0.15) is 12.4 Å². The molecule has 0 bridgehead atoms. The molecule has 1 amide bonds. The van der Waals surface area contributed by atoms with Gasteiger partial charge >= 0.3 is 6.18 Å². The molecule has 0 aliphatic heterocycles. The molecular formula is C17H12F4N4O. The number of imidazole rings is 1. The first-order chi connectivity index (χ1) is 12.3. The quantitative estimate of drug-likeness (QED) is 0.439. The molecule has 0 aliphatic carbocycles. The molecule has 0 saturated carbocycles. The van der Waals surface area contributed by atoms with E-state index in [0.29, 0.717) is 5.56 Å².